The van der Waals surface area contributed by atoms with Crippen LogP contribution in [0.25, 0.3) is 0 Å². The van der Waals surface area contributed by atoms with Gasteiger partial charge in [0.2, 0.25) is 11.8 Å². The van der Waals surface area contributed by atoms with Gasteiger partial charge in [0.1, 0.15) is 6.61 Å². The molecule has 0 spiro atoms. The number of hydrogen-bond acceptors (Lipinski definition) is 5. The van der Waals surface area contributed by atoms with E-state index in [1.807, 2.05) is 54.6 Å². The first-order valence-corrected chi connectivity index (χ1v) is 12.7. The molecule has 0 bridgehead atoms. The minimum atomic E-state index is -0.649. The molecule has 3 rings (SSSR count). The van der Waals surface area contributed by atoms with E-state index in [0.717, 1.165) is 16.7 Å². The lowest BCUT2D eigenvalue weighted by Gasteiger charge is -2.36. The number of allylic oxidation sites excluding steroid dienone is 2. The molecule has 7 heteroatoms. The molecule has 3 atom stereocenters. The third-order valence-corrected chi connectivity index (χ3v) is 6.61. The Kier molecular flexibility index (Phi) is 10.6. The second-order valence-corrected chi connectivity index (χ2v) is 9.24. The van der Waals surface area contributed by atoms with Crippen LogP contribution in [-0.2, 0) is 32.1 Å². The highest BCUT2D eigenvalue weighted by Gasteiger charge is 2.32. The van der Waals surface area contributed by atoms with Gasteiger partial charge in [-0.15, -0.1) is 13.2 Å². The highest BCUT2D eigenvalue weighted by atomic mass is 16.5. The largest absolute Gasteiger partial charge is 0.463 e. The van der Waals surface area contributed by atoms with Crippen molar-refractivity contribution in [3.63, 3.8) is 0 Å². The topological polar surface area (TPSA) is 95.9 Å². The number of aliphatic hydroxyl groups excluding tert-OH is 1. The molecule has 0 fully saturated rings. The van der Waals surface area contributed by atoms with Gasteiger partial charge in [0.25, 0.3) is 0 Å². The number of rotatable bonds is 13. The molecule has 1 aliphatic rings. The van der Waals surface area contributed by atoms with E-state index < -0.39 is 12.0 Å². The highest BCUT2D eigenvalue weighted by Crippen LogP contribution is 2.25. The molecular formula is C30H36N2O5. The fourth-order valence-electron chi connectivity index (χ4n) is 4.52. The van der Waals surface area contributed by atoms with E-state index in [4.69, 9.17) is 4.74 Å². The van der Waals surface area contributed by atoms with Gasteiger partial charge in [-0.25, -0.2) is 0 Å². The lowest BCUT2D eigenvalue weighted by Crippen LogP contribution is -2.47. The van der Waals surface area contributed by atoms with Gasteiger partial charge in [0, 0.05) is 19.4 Å². The third kappa shape index (κ3) is 7.89. The summed E-state index contributed by atoms with van der Waals surface area (Å²) in [6.07, 6.45) is 4.88. The number of fused-ring (bicyclic) bond motifs is 1. The molecule has 0 aliphatic carbocycles. The quantitative estimate of drug-likeness (QED) is 0.319. The summed E-state index contributed by atoms with van der Waals surface area (Å²) in [5.41, 5.74) is 2.97. The molecule has 0 saturated carbocycles. The van der Waals surface area contributed by atoms with Crippen LogP contribution in [0.5, 0.6) is 0 Å². The van der Waals surface area contributed by atoms with Crippen LogP contribution in [0.15, 0.2) is 79.9 Å². The molecule has 196 valence electrons. The zero-order valence-corrected chi connectivity index (χ0v) is 21.2. The van der Waals surface area contributed by atoms with Crippen molar-refractivity contribution >= 4 is 17.8 Å². The highest BCUT2D eigenvalue weighted by molar-refractivity contribution is 5.86. The molecule has 0 radical (unpaired) electrons. The maximum absolute atomic E-state index is 13.4. The Balaban J connectivity index is 1.70. The number of ether oxygens (including phenoxy) is 1. The summed E-state index contributed by atoms with van der Waals surface area (Å²) < 4.78 is 5.41. The number of hydrogen-bond donors (Lipinski definition) is 2. The first kappa shape index (κ1) is 27.9. The number of esters is 1. The molecule has 1 aliphatic heterocycles. The molecule has 0 aromatic heterocycles. The van der Waals surface area contributed by atoms with Gasteiger partial charge in [-0.2, -0.15) is 0 Å². The van der Waals surface area contributed by atoms with Crippen LogP contribution < -0.4 is 5.32 Å². The Labute approximate surface area is 218 Å². The Morgan fingerprint density at radius 3 is 2.43 bits per heavy atom. The molecule has 2 N–H and O–H groups in total. The van der Waals surface area contributed by atoms with Crippen LogP contribution in [0.1, 0.15) is 48.4 Å². The Hall–Kier alpha value is -3.71. The number of aliphatic hydroxyl groups is 1. The van der Waals surface area contributed by atoms with E-state index >= 15 is 0 Å². The van der Waals surface area contributed by atoms with E-state index in [0.29, 0.717) is 25.8 Å². The maximum Gasteiger partial charge on any atom is 0.306 e. The van der Waals surface area contributed by atoms with Crippen molar-refractivity contribution in [3.05, 3.63) is 96.6 Å². The molecule has 2 amide bonds. The van der Waals surface area contributed by atoms with E-state index in [2.05, 4.69) is 18.5 Å². The summed E-state index contributed by atoms with van der Waals surface area (Å²) in [6, 6.07) is 16.3. The molecule has 1 heterocycles. The van der Waals surface area contributed by atoms with Crippen molar-refractivity contribution in [2.45, 2.75) is 50.7 Å². The number of benzene rings is 2. The second-order valence-electron chi connectivity index (χ2n) is 9.24. The predicted molar refractivity (Wildman–Crippen MR) is 142 cm³/mol. The monoisotopic (exact) mass is 504 g/mol. The van der Waals surface area contributed by atoms with E-state index in [-0.39, 0.29) is 49.9 Å². The molecule has 0 unspecified atom stereocenters. The van der Waals surface area contributed by atoms with Gasteiger partial charge in [-0.1, -0.05) is 66.7 Å². The Morgan fingerprint density at radius 2 is 1.76 bits per heavy atom. The number of carbonyl (C=O) groups excluding carboxylic acids is 3. The lowest BCUT2D eigenvalue weighted by molar-refractivity contribution is -0.145. The number of carbonyl (C=O) groups is 3. The van der Waals surface area contributed by atoms with E-state index in [9.17, 15) is 19.5 Å². The molecule has 0 saturated heterocycles. The molecule has 7 nitrogen and oxygen atoms in total. The van der Waals surface area contributed by atoms with Gasteiger partial charge < -0.3 is 20.1 Å². The summed E-state index contributed by atoms with van der Waals surface area (Å²) in [4.78, 5) is 40.5. The number of nitrogens with one attached hydrogen (secondary N) is 1. The summed E-state index contributed by atoms with van der Waals surface area (Å²) >= 11 is 0. The molecule has 2 aromatic carbocycles. The van der Waals surface area contributed by atoms with Crippen molar-refractivity contribution < 1.29 is 24.2 Å². The SMILES string of the molecule is C=CCCC(=O)OC[C@H](NC(=O)[C@H](CC=C)CC(=O)N1Cc2ccccc2C[C@H]1CO)c1ccccc1. The second kappa shape index (κ2) is 14.1. The maximum atomic E-state index is 13.4. The number of amides is 2. The van der Waals surface area contributed by atoms with E-state index in [1.165, 1.54) is 0 Å². The van der Waals surface area contributed by atoms with Crippen molar-refractivity contribution in [2.75, 3.05) is 13.2 Å². The van der Waals surface area contributed by atoms with Gasteiger partial charge in [0.15, 0.2) is 0 Å². The van der Waals surface area contributed by atoms with Crippen LogP contribution in [0.2, 0.25) is 0 Å². The summed E-state index contributed by atoms with van der Waals surface area (Å²) in [5, 5.41) is 12.9. The summed E-state index contributed by atoms with van der Waals surface area (Å²) in [5.74, 6) is -1.53. The van der Waals surface area contributed by atoms with Crippen LogP contribution >= 0.6 is 0 Å². The molecule has 2 aromatic rings. The third-order valence-electron chi connectivity index (χ3n) is 6.61. The van der Waals surface area contributed by atoms with Crippen molar-refractivity contribution in [1.82, 2.24) is 10.2 Å². The molecule has 37 heavy (non-hydrogen) atoms. The van der Waals surface area contributed by atoms with Crippen molar-refractivity contribution in [2.24, 2.45) is 5.92 Å². The van der Waals surface area contributed by atoms with Gasteiger partial charge >= 0.3 is 5.97 Å². The minimum absolute atomic E-state index is 0.0167. The Morgan fingerprint density at radius 1 is 1.05 bits per heavy atom. The van der Waals surface area contributed by atoms with Gasteiger partial charge in [-0.3, -0.25) is 14.4 Å². The van der Waals surface area contributed by atoms with Gasteiger partial charge in [-0.05, 0) is 36.0 Å². The minimum Gasteiger partial charge on any atom is -0.463 e. The van der Waals surface area contributed by atoms with E-state index in [1.54, 1.807) is 17.1 Å². The lowest BCUT2D eigenvalue weighted by atomic mass is 9.92. The van der Waals surface area contributed by atoms with Crippen molar-refractivity contribution in [1.29, 1.82) is 0 Å². The average Bonchev–Trinajstić information content (AvgIpc) is 2.93. The Bertz CT molecular complexity index is 1080. The fourth-order valence-corrected chi connectivity index (χ4v) is 4.52. The van der Waals surface area contributed by atoms with Crippen LogP contribution in [0.3, 0.4) is 0 Å². The van der Waals surface area contributed by atoms with Crippen LogP contribution in [-0.4, -0.2) is 47.0 Å². The fraction of sp³-hybridized carbons (Fsp3) is 0.367. The first-order valence-electron chi connectivity index (χ1n) is 12.7. The standard InChI is InChI=1S/C30H36N2O5/c1-3-5-16-29(35)37-21-27(22-12-7-6-8-13-22)31-30(36)24(11-4-2)18-28(34)32-19-25-15-10-9-14-23(25)17-26(32)20-33/h3-4,6-10,12-15,24,26-27,33H,1-2,5,11,16-21H2,(H,31,36)/t24-,26+,27+/m1/s1. The predicted octanol–water partition coefficient (Wildman–Crippen LogP) is 3.88. The zero-order chi connectivity index (χ0) is 26.6. The summed E-state index contributed by atoms with van der Waals surface area (Å²) in [6.45, 7) is 7.61. The average molecular weight is 505 g/mol. The first-order chi connectivity index (χ1) is 18.0. The number of nitrogens with zero attached hydrogens (tertiary/aromatic N) is 1. The van der Waals surface area contributed by atoms with Crippen molar-refractivity contribution in [3.8, 4) is 0 Å². The van der Waals surface area contributed by atoms with Crippen LogP contribution in [0, 0.1) is 5.92 Å². The normalized spacial score (nSPS) is 16.1. The van der Waals surface area contributed by atoms with Gasteiger partial charge in [0.05, 0.1) is 24.6 Å². The smallest absolute Gasteiger partial charge is 0.306 e. The zero-order valence-electron chi connectivity index (χ0n) is 21.2. The van der Waals surface area contributed by atoms with Crippen LogP contribution in [0.4, 0.5) is 0 Å². The molecular weight excluding hydrogens is 468 g/mol. The summed E-state index contributed by atoms with van der Waals surface area (Å²) in [7, 11) is 0.